The summed E-state index contributed by atoms with van der Waals surface area (Å²) in [6.45, 7) is 0.882. The molecule has 0 aliphatic heterocycles. The Labute approximate surface area is 94.8 Å². The second kappa shape index (κ2) is 7.09. The topological polar surface area (TPSA) is 61.5 Å². The normalized spacial score (nSPS) is 8.93. The molecule has 0 aliphatic carbocycles. The zero-order valence-electron chi connectivity index (χ0n) is 8.43. The van der Waals surface area contributed by atoms with E-state index in [-0.39, 0.29) is 18.4 Å². The highest BCUT2D eigenvalue weighted by Crippen LogP contribution is 2.13. The Kier molecular flexibility index (Phi) is 6.49. The Morgan fingerprint density at radius 3 is 2.80 bits per heavy atom. The first-order valence-electron chi connectivity index (χ1n) is 4.29. The molecule has 4 nitrogen and oxygen atoms in total. The van der Waals surface area contributed by atoms with E-state index in [0.717, 1.165) is 0 Å². The molecule has 0 saturated carbocycles. The van der Waals surface area contributed by atoms with E-state index in [1.165, 1.54) is 7.11 Å². The zero-order chi connectivity index (χ0) is 10.4. The molecule has 0 atom stereocenters. The number of esters is 1. The summed E-state index contributed by atoms with van der Waals surface area (Å²) in [4.78, 5) is 11.1. The quantitative estimate of drug-likeness (QED) is 0.792. The van der Waals surface area contributed by atoms with Gasteiger partial charge in [0.2, 0.25) is 0 Å². The number of ether oxygens (including phenoxy) is 2. The summed E-state index contributed by atoms with van der Waals surface area (Å²) in [6, 6.07) is 6.79. The SMILES string of the molecule is COC(=O)c1cccc(OCCN)c1.Cl. The Hall–Kier alpha value is -1.26. The lowest BCUT2D eigenvalue weighted by molar-refractivity contribution is 0.0600. The van der Waals surface area contributed by atoms with E-state index in [1.807, 2.05) is 0 Å². The second-order valence-corrected chi connectivity index (χ2v) is 2.66. The molecule has 0 amide bonds. The van der Waals surface area contributed by atoms with Crippen molar-refractivity contribution in [2.75, 3.05) is 20.3 Å². The number of benzene rings is 1. The van der Waals surface area contributed by atoms with Crippen molar-refractivity contribution in [2.45, 2.75) is 0 Å². The van der Waals surface area contributed by atoms with Crippen LogP contribution in [0.1, 0.15) is 10.4 Å². The highest BCUT2D eigenvalue weighted by molar-refractivity contribution is 5.89. The fourth-order valence-electron chi connectivity index (χ4n) is 1.01. The summed E-state index contributed by atoms with van der Waals surface area (Å²) in [6.07, 6.45) is 0. The summed E-state index contributed by atoms with van der Waals surface area (Å²) < 4.78 is 9.83. The lowest BCUT2D eigenvalue weighted by Crippen LogP contribution is -2.11. The van der Waals surface area contributed by atoms with E-state index in [4.69, 9.17) is 10.5 Å². The van der Waals surface area contributed by atoms with Gasteiger partial charge in [-0.05, 0) is 18.2 Å². The van der Waals surface area contributed by atoms with Crippen LogP contribution in [-0.2, 0) is 4.74 Å². The Bertz CT molecular complexity index is 317. The number of carbonyl (C=O) groups is 1. The first-order chi connectivity index (χ1) is 6.77. The van der Waals surface area contributed by atoms with Crippen molar-refractivity contribution in [3.05, 3.63) is 29.8 Å². The third-order valence-electron chi connectivity index (χ3n) is 1.64. The molecular weight excluding hydrogens is 218 g/mol. The van der Waals surface area contributed by atoms with Crippen LogP contribution in [0.2, 0.25) is 0 Å². The van der Waals surface area contributed by atoms with Crippen LogP contribution in [0.3, 0.4) is 0 Å². The summed E-state index contributed by atoms with van der Waals surface area (Å²) in [7, 11) is 1.34. The molecule has 5 heteroatoms. The third kappa shape index (κ3) is 4.18. The van der Waals surface area contributed by atoms with Crippen molar-refractivity contribution in [3.8, 4) is 5.75 Å². The molecule has 0 aromatic heterocycles. The minimum atomic E-state index is -0.372. The largest absolute Gasteiger partial charge is 0.492 e. The zero-order valence-corrected chi connectivity index (χ0v) is 9.25. The van der Waals surface area contributed by atoms with Gasteiger partial charge in [0.1, 0.15) is 12.4 Å². The average molecular weight is 232 g/mol. The van der Waals surface area contributed by atoms with Gasteiger partial charge in [-0.1, -0.05) is 6.07 Å². The molecule has 0 unspecified atom stereocenters. The van der Waals surface area contributed by atoms with Gasteiger partial charge in [0.05, 0.1) is 12.7 Å². The van der Waals surface area contributed by atoms with Crippen molar-refractivity contribution in [1.82, 2.24) is 0 Å². The van der Waals surface area contributed by atoms with Crippen LogP contribution in [0.15, 0.2) is 24.3 Å². The van der Waals surface area contributed by atoms with Crippen molar-refractivity contribution in [2.24, 2.45) is 5.73 Å². The minimum Gasteiger partial charge on any atom is -0.492 e. The van der Waals surface area contributed by atoms with Crippen molar-refractivity contribution >= 4 is 18.4 Å². The summed E-state index contributed by atoms with van der Waals surface area (Å²) >= 11 is 0. The highest BCUT2D eigenvalue weighted by atomic mass is 35.5. The molecule has 0 spiro atoms. The van der Waals surface area contributed by atoms with E-state index in [2.05, 4.69) is 4.74 Å². The summed E-state index contributed by atoms with van der Waals surface area (Å²) in [5.41, 5.74) is 5.76. The molecule has 1 rings (SSSR count). The number of hydrogen-bond donors (Lipinski definition) is 1. The maximum absolute atomic E-state index is 11.1. The van der Waals surface area contributed by atoms with Gasteiger partial charge in [-0.25, -0.2) is 4.79 Å². The molecule has 0 radical (unpaired) electrons. The molecule has 84 valence electrons. The van der Waals surface area contributed by atoms with Crippen LogP contribution in [0.4, 0.5) is 0 Å². The van der Waals surface area contributed by atoms with Crippen LogP contribution in [0.25, 0.3) is 0 Å². The minimum absolute atomic E-state index is 0. The maximum Gasteiger partial charge on any atom is 0.337 e. The lowest BCUT2D eigenvalue weighted by Gasteiger charge is -2.05. The number of halogens is 1. The van der Waals surface area contributed by atoms with Crippen molar-refractivity contribution in [1.29, 1.82) is 0 Å². The van der Waals surface area contributed by atoms with Crippen LogP contribution in [-0.4, -0.2) is 26.2 Å². The Morgan fingerprint density at radius 1 is 1.47 bits per heavy atom. The van der Waals surface area contributed by atoms with Crippen LogP contribution in [0.5, 0.6) is 5.75 Å². The fraction of sp³-hybridized carbons (Fsp3) is 0.300. The van der Waals surface area contributed by atoms with Gasteiger partial charge in [0.25, 0.3) is 0 Å². The number of hydrogen-bond acceptors (Lipinski definition) is 4. The molecule has 2 N–H and O–H groups in total. The van der Waals surface area contributed by atoms with Crippen molar-refractivity contribution in [3.63, 3.8) is 0 Å². The van der Waals surface area contributed by atoms with Gasteiger partial charge in [0, 0.05) is 6.54 Å². The van der Waals surface area contributed by atoms with Crippen LogP contribution in [0, 0.1) is 0 Å². The Morgan fingerprint density at radius 2 is 2.20 bits per heavy atom. The Balaban J connectivity index is 0.00000196. The average Bonchev–Trinajstić information content (AvgIpc) is 2.25. The molecule has 0 heterocycles. The number of carbonyl (C=O) groups excluding carboxylic acids is 1. The molecule has 1 aromatic carbocycles. The van der Waals surface area contributed by atoms with E-state index >= 15 is 0 Å². The monoisotopic (exact) mass is 231 g/mol. The molecule has 0 saturated heterocycles. The fourth-order valence-corrected chi connectivity index (χ4v) is 1.01. The molecule has 0 bridgehead atoms. The van der Waals surface area contributed by atoms with Crippen LogP contribution >= 0.6 is 12.4 Å². The van der Waals surface area contributed by atoms with Crippen LogP contribution < -0.4 is 10.5 Å². The van der Waals surface area contributed by atoms with Gasteiger partial charge in [-0.3, -0.25) is 0 Å². The molecule has 15 heavy (non-hydrogen) atoms. The number of methoxy groups -OCH3 is 1. The summed E-state index contributed by atoms with van der Waals surface area (Å²) in [5.74, 6) is 0.251. The molecule has 0 fully saturated rings. The van der Waals surface area contributed by atoms with Crippen molar-refractivity contribution < 1.29 is 14.3 Å². The molecule has 1 aromatic rings. The van der Waals surface area contributed by atoms with Gasteiger partial charge >= 0.3 is 5.97 Å². The van der Waals surface area contributed by atoms with E-state index in [1.54, 1.807) is 24.3 Å². The van der Waals surface area contributed by atoms with Gasteiger partial charge in [-0.2, -0.15) is 0 Å². The van der Waals surface area contributed by atoms with Gasteiger partial charge in [0.15, 0.2) is 0 Å². The first-order valence-corrected chi connectivity index (χ1v) is 4.29. The number of nitrogens with two attached hydrogens (primary N) is 1. The van der Waals surface area contributed by atoms with Gasteiger partial charge < -0.3 is 15.2 Å². The first kappa shape index (κ1) is 13.7. The highest BCUT2D eigenvalue weighted by Gasteiger charge is 2.05. The van der Waals surface area contributed by atoms with Gasteiger partial charge in [-0.15, -0.1) is 12.4 Å². The van der Waals surface area contributed by atoms with E-state index < -0.39 is 0 Å². The summed E-state index contributed by atoms with van der Waals surface area (Å²) in [5, 5.41) is 0. The lowest BCUT2D eigenvalue weighted by atomic mass is 10.2. The maximum atomic E-state index is 11.1. The third-order valence-corrected chi connectivity index (χ3v) is 1.64. The predicted octanol–water partition coefficient (Wildman–Crippen LogP) is 1.23. The molecule has 0 aliphatic rings. The number of rotatable bonds is 4. The van der Waals surface area contributed by atoms with E-state index in [9.17, 15) is 4.79 Å². The smallest absolute Gasteiger partial charge is 0.337 e. The second-order valence-electron chi connectivity index (χ2n) is 2.66. The van der Waals surface area contributed by atoms with E-state index in [0.29, 0.717) is 24.5 Å². The predicted molar refractivity (Wildman–Crippen MR) is 59.6 cm³/mol. The standard InChI is InChI=1S/C10H13NO3.ClH/c1-13-10(12)8-3-2-4-9(7-8)14-6-5-11;/h2-4,7H,5-6,11H2,1H3;1H. The molecular formula is C10H14ClNO3.